The summed E-state index contributed by atoms with van der Waals surface area (Å²) in [7, 11) is -2.96. The molecule has 1 saturated heterocycles. The summed E-state index contributed by atoms with van der Waals surface area (Å²) in [6.45, 7) is 0. The first-order chi connectivity index (χ1) is 7.87. The fourth-order valence-corrected chi connectivity index (χ4v) is 4.24. The third-order valence-electron chi connectivity index (χ3n) is 2.51. The molecule has 1 aromatic carbocycles. The van der Waals surface area contributed by atoms with Crippen LogP contribution in [0.25, 0.3) is 0 Å². The molecule has 1 aromatic rings. The van der Waals surface area contributed by atoms with Gasteiger partial charge in [0, 0.05) is 5.02 Å². The molecule has 0 amide bonds. The Kier molecular flexibility index (Phi) is 3.56. The van der Waals surface area contributed by atoms with Gasteiger partial charge in [0.2, 0.25) is 0 Å². The highest BCUT2D eigenvalue weighted by Crippen LogP contribution is 2.36. The minimum Gasteiger partial charge on any atom is -0.486 e. The number of anilines is 1. The van der Waals surface area contributed by atoms with E-state index < -0.39 is 9.84 Å². The number of halogens is 2. The van der Waals surface area contributed by atoms with E-state index in [1.807, 2.05) is 0 Å². The van der Waals surface area contributed by atoms with Gasteiger partial charge in [-0.25, -0.2) is 8.42 Å². The first-order valence-corrected chi connectivity index (χ1v) is 7.98. The van der Waals surface area contributed by atoms with E-state index in [-0.39, 0.29) is 17.6 Å². The monoisotopic (exact) mass is 339 g/mol. The molecular formula is C10H11BrClNO3S. The van der Waals surface area contributed by atoms with Crippen LogP contribution in [0, 0.1) is 0 Å². The molecule has 1 fully saturated rings. The van der Waals surface area contributed by atoms with Crippen molar-refractivity contribution in [2.75, 3.05) is 17.2 Å². The van der Waals surface area contributed by atoms with Gasteiger partial charge in [0.15, 0.2) is 15.6 Å². The summed E-state index contributed by atoms with van der Waals surface area (Å²) in [6.07, 6.45) is 0.163. The Morgan fingerprint density at radius 2 is 2.18 bits per heavy atom. The molecule has 0 spiro atoms. The zero-order valence-electron chi connectivity index (χ0n) is 8.82. The standard InChI is InChI=1S/C10H11BrClNO3S/c11-8-3-6(12)4-9(13)10(8)16-7-1-2-17(14,15)5-7/h3-4,7H,1-2,5,13H2. The van der Waals surface area contributed by atoms with Crippen LogP contribution >= 0.6 is 27.5 Å². The highest BCUT2D eigenvalue weighted by Gasteiger charge is 2.30. The molecule has 94 valence electrons. The third-order valence-corrected chi connectivity index (χ3v) is 5.06. The number of benzene rings is 1. The molecule has 1 aliphatic rings. The van der Waals surface area contributed by atoms with Gasteiger partial charge in [-0.2, -0.15) is 0 Å². The predicted octanol–water partition coefficient (Wildman–Crippen LogP) is 2.25. The number of sulfone groups is 1. The Balaban J connectivity index is 2.20. The van der Waals surface area contributed by atoms with Crippen molar-refractivity contribution >= 4 is 43.1 Å². The van der Waals surface area contributed by atoms with Crippen LogP contribution in [0.4, 0.5) is 5.69 Å². The smallest absolute Gasteiger partial charge is 0.156 e. The summed E-state index contributed by atoms with van der Waals surface area (Å²) in [6, 6.07) is 3.24. The fourth-order valence-electron chi connectivity index (χ4n) is 1.73. The first kappa shape index (κ1) is 13.0. The Morgan fingerprint density at radius 3 is 2.71 bits per heavy atom. The lowest BCUT2D eigenvalue weighted by Gasteiger charge is -2.15. The van der Waals surface area contributed by atoms with Crippen molar-refractivity contribution in [2.24, 2.45) is 0 Å². The zero-order valence-corrected chi connectivity index (χ0v) is 12.0. The van der Waals surface area contributed by atoms with Crippen molar-refractivity contribution in [1.29, 1.82) is 0 Å². The summed E-state index contributed by atoms with van der Waals surface area (Å²) < 4.78 is 28.9. The van der Waals surface area contributed by atoms with Gasteiger partial charge in [-0.05, 0) is 34.5 Å². The van der Waals surface area contributed by atoms with E-state index in [0.29, 0.717) is 27.4 Å². The van der Waals surface area contributed by atoms with E-state index >= 15 is 0 Å². The maximum atomic E-state index is 11.3. The van der Waals surface area contributed by atoms with Gasteiger partial charge in [-0.1, -0.05) is 11.6 Å². The van der Waals surface area contributed by atoms with Crippen molar-refractivity contribution in [2.45, 2.75) is 12.5 Å². The van der Waals surface area contributed by atoms with Crippen LogP contribution in [-0.4, -0.2) is 26.0 Å². The number of nitrogen functional groups attached to an aromatic ring is 1. The van der Waals surface area contributed by atoms with Crippen LogP contribution < -0.4 is 10.5 Å². The molecule has 4 nitrogen and oxygen atoms in total. The van der Waals surface area contributed by atoms with E-state index in [9.17, 15) is 8.42 Å². The van der Waals surface area contributed by atoms with Crippen molar-refractivity contribution in [3.8, 4) is 5.75 Å². The number of ether oxygens (including phenoxy) is 1. The van der Waals surface area contributed by atoms with Crippen LogP contribution in [0.2, 0.25) is 5.02 Å². The second-order valence-electron chi connectivity index (χ2n) is 3.95. The van der Waals surface area contributed by atoms with E-state index in [1.54, 1.807) is 12.1 Å². The van der Waals surface area contributed by atoms with Gasteiger partial charge < -0.3 is 10.5 Å². The fraction of sp³-hybridized carbons (Fsp3) is 0.400. The SMILES string of the molecule is Nc1cc(Cl)cc(Br)c1OC1CCS(=O)(=O)C1. The van der Waals surface area contributed by atoms with Crippen molar-refractivity contribution < 1.29 is 13.2 Å². The second kappa shape index (κ2) is 4.66. The lowest BCUT2D eigenvalue weighted by Crippen LogP contribution is -2.18. The lowest BCUT2D eigenvalue weighted by atomic mass is 10.2. The number of nitrogens with two attached hydrogens (primary N) is 1. The molecule has 1 heterocycles. The molecule has 1 aliphatic heterocycles. The van der Waals surface area contributed by atoms with Gasteiger partial charge in [0.05, 0.1) is 21.7 Å². The maximum absolute atomic E-state index is 11.3. The van der Waals surface area contributed by atoms with Crippen LogP contribution in [0.3, 0.4) is 0 Å². The van der Waals surface area contributed by atoms with Gasteiger partial charge in [0.1, 0.15) is 6.10 Å². The molecule has 17 heavy (non-hydrogen) atoms. The molecule has 2 rings (SSSR count). The minimum atomic E-state index is -2.96. The molecule has 0 bridgehead atoms. The quantitative estimate of drug-likeness (QED) is 0.838. The predicted molar refractivity (Wildman–Crippen MR) is 71.3 cm³/mol. The summed E-state index contributed by atoms with van der Waals surface area (Å²) in [4.78, 5) is 0. The topological polar surface area (TPSA) is 69.4 Å². The normalized spacial score (nSPS) is 22.6. The molecule has 1 atom stereocenters. The molecule has 7 heteroatoms. The summed E-state index contributed by atoms with van der Waals surface area (Å²) in [5.74, 6) is 0.668. The summed E-state index contributed by atoms with van der Waals surface area (Å²) >= 11 is 9.12. The molecule has 0 aromatic heterocycles. The largest absolute Gasteiger partial charge is 0.486 e. The molecular weight excluding hydrogens is 330 g/mol. The first-order valence-electron chi connectivity index (χ1n) is 4.99. The van der Waals surface area contributed by atoms with Crippen LogP contribution in [0.5, 0.6) is 5.75 Å². The van der Waals surface area contributed by atoms with E-state index in [0.717, 1.165) is 0 Å². The maximum Gasteiger partial charge on any atom is 0.156 e. The van der Waals surface area contributed by atoms with Crippen LogP contribution in [0.1, 0.15) is 6.42 Å². The van der Waals surface area contributed by atoms with E-state index in [1.165, 1.54) is 0 Å². The highest BCUT2D eigenvalue weighted by atomic mass is 79.9. The molecule has 2 N–H and O–H groups in total. The van der Waals surface area contributed by atoms with Crippen molar-refractivity contribution in [3.05, 3.63) is 21.6 Å². The average molecular weight is 341 g/mol. The van der Waals surface area contributed by atoms with Gasteiger partial charge in [-0.3, -0.25) is 0 Å². The zero-order chi connectivity index (χ0) is 12.6. The number of hydrogen-bond acceptors (Lipinski definition) is 4. The molecule has 0 radical (unpaired) electrons. The summed E-state index contributed by atoms with van der Waals surface area (Å²) in [5.41, 5.74) is 6.18. The van der Waals surface area contributed by atoms with Gasteiger partial charge in [0.25, 0.3) is 0 Å². The average Bonchev–Trinajstić information content (AvgIpc) is 2.52. The second-order valence-corrected chi connectivity index (χ2v) is 7.47. The molecule has 0 saturated carbocycles. The van der Waals surface area contributed by atoms with Crippen LogP contribution in [0.15, 0.2) is 16.6 Å². The molecule has 0 aliphatic carbocycles. The molecule has 1 unspecified atom stereocenters. The Bertz CT molecular complexity index is 523. The van der Waals surface area contributed by atoms with Gasteiger partial charge in [-0.15, -0.1) is 0 Å². The van der Waals surface area contributed by atoms with E-state index in [4.69, 9.17) is 22.1 Å². The Hall–Kier alpha value is -0.460. The lowest BCUT2D eigenvalue weighted by molar-refractivity contribution is 0.229. The highest BCUT2D eigenvalue weighted by molar-refractivity contribution is 9.10. The van der Waals surface area contributed by atoms with Gasteiger partial charge >= 0.3 is 0 Å². The Labute approximate surface area is 113 Å². The van der Waals surface area contributed by atoms with Crippen molar-refractivity contribution in [1.82, 2.24) is 0 Å². The van der Waals surface area contributed by atoms with Crippen molar-refractivity contribution in [3.63, 3.8) is 0 Å². The Morgan fingerprint density at radius 1 is 1.47 bits per heavy atom. The number of hydrogen-bond donors (Lipinski definition) is 1. The number of rotatable bonds is 2. The summed E-state index contributed by atoms with van der Waals surface area (Å²) in [5, 5.41) is 0.501. The van der Waals surface area contributed by atoms with Crippen LogP contribution in [-0.2, 0) is 9.84 Å². The van der Waals surface area contributed by atoms with E-state index in [2.05, 4.69) is 15.9 Å². The minimum absolute atomic E-state index is 0.0432. The third kappa shape index (κ3) is 3.05.